The highest BCUT2D eigenvalue weighted by molar-refractivity contribution is 7.20. The van der Waals surface area contributed by atoms with Gasteiger partial charge in [0.15, 0.2) is 6.61 Å². The Bertz CT molecular complexity index is 753. The third kappa shape index (κ3) is 5.46. The molecule has 0 aliphatic rings. The largest absolute Gasteiger partial charge is 0.452 e. The number of nitrogens with zero attached hydrogens (tertiary/aromatic N) is 1. The Kier molecular flexibility index (Phi) is 6.49. The van der Waals surface area contributed by atoms with E-state index in [0.717, 1.165) is 16.9 Å². The van der Waals surface area contributed by atoms with E-state index >= 15 is 0 Å². The van der Waals surface area contributed by atoms with Crippen LogP contribution in [0.2, 0.25) is 8.67 Å². The van der Waals surface area contributed by atoms with Gasteiger partial charge in [-0.1, -0.05) is 53.5 Å². The number of benzene rings is 1. The molecule has 134 valence electrons. The molecule has 0 aliphatic carbocycles. The molecular formula is C18H19Cl2NO3S. The Morgan fingerprint density at radius 3 is 2.32 bits per heavy atom. The molecule has 1 heterocycles. The molecule has 0 spiro atoms. The fraction of sp³-hybridized carbons (Fsp3) is 0.333. The number of thiophene rings is 1. The van der Waals surface area contributed by atoms with E-state index in [4.69, 9.17) is 27.9 Å². The normalized spacial score (nSPS) is 11.2. The summed E-state index contributed by atoms with van der Waals surface area (Å²) in [5, 5.41) is 0. The van der Waals surface area contributed by atoms with Crippen molar-refractivity contribution < 1.29 is 14.3 Å². The van der Waals surface area contributed by atoms with Gasteiger partial charge in [0.25, 0.3) is 5.91 Å². The van der Waals surface area contributed by atoms with Crippen molar-refractivity contribution in [2.75, 3.05) is 6.61 Å². The van der Waals surface area contributed by atoms with E-state index in [-0.39, 0.29) is 22.4 Å². The minimum absolute atomic E-state index is 0.176. The number of halogens is 2. The van der Waals surface area contributed by atoms with E-state index in [0.29, 0.717) is 10.9 Å². The maximum Gasteiger partial charge on any atom is 0.341 e. The maximum atomic E-state index is 12.6. The first-order valence-corrected chi connectivity index (χ1v) is 9.22. The van der Waals surface area contributed by atoms with Crippen LogP contribution in [-0.4, -0.2) is 28.9 Å². The van der Waals surface area contributed by atoms with Gasteiger partial charge in [0.1, 0.15) is 4.34 Å². The fourth-order valence-corrected chi connectivity index (χ4v) is 3.67. The number of carbonyl (C=O) groups is 2. The summed E-state index contributed by atoms with van der Waals surface area (Å²) in [6, 6.07) is 11.1. The van der Waals surface area contributed by atoms with Crippen molar-refractivity contribution in [3.63, 3.8) is 0 Å². The lowest BCUT2D eigenvalue weighted by Crippen LogP contribution is -2.46. The quantitative estimate of drug-likeness (QED) is 0.661. The van der Waals surface area contributed by atoms with E-state index in [2.05, 4.69) is 0 Å². The molecule has 1 aromatic heterocycles. The Morgan fingerprint density at radius 1 is 1.16 bits per heavy atom. The number of rotatable bonds is 5. The summed E-state index contributed by atoms with van der Waals surface area (Å²) >= 11 is 12.8. The first-order chi connectivity index (χ1) is 11.7. The van der Waals surface area contributed by atoms with E-state index < -0.39 is 11.5 Å². The summed E-state index contributed by atoms with van der Waals surface area (Å²) in [7, 11) is 0. The predicted octanol–water partition coefficient (Wildman–Crippen LogP) is 5.04. The summed E-state index contributed by atoms with van der Waals surface area (Å²) in [6.45, 7) is 5.89. The van der Waals surface area contributed by atoms with Gasteiger partial charge in [-0.25, -0.2) is 4.79 Å². The topological polar surface area (TPSA) is 46.6 Å². The molecular weight excluding hydrogens is 381 g/mol. The highest BCUT2D eigenvalue weighted by Gasteiger charge is 2.28. The number of carbonyl (C=O) groups excluding carboxylic acids is 2. The van der Waals surface area contributed by atoms with Crippen LogP contribution in [0.25, 0.3) is 0 Å². The van der Waals surface area contributed by atoms with Gasteiger partial charge in [-0.05, 0) is 32.4 Å². The molecule has 2 aromatic rings. The van der Waals surface area contributed by atoms with Crippen LogP contribution >= 0.6 is 34.5 Å². The Balaban J connectivity index is 2.04. The molecule has 0 fully saturated rings. The minimum atomic E-state index is -0.657. The second-order valence-corrected chi connectivity index (χ2v) is 8.74. The molecule has 0 unspecified atom stereocenters. The Hall–Kier alpha value is -1.56. The van der Waals surface area contributed by atoms with Crippen LogP contribution < -0.4 is 0 Å². The molecule has 0 radical (unpaired) electrons. The van der Waals surface area contributed by atoms with E-state index in [9.17, 15) is 9.59 Å². The van der Waals surface area contributed by atoms with Crippen molar-refractivity contribution in [2.45, 2.75) is 32.9 Å². The molecule has 1 amide bonds. The van der Waals surface area contributed by atoms with Gasteiger partial charge in [-0.2, -0.15) is 0 Å². The predicted molar refractivity (Wildman–Crippen MR) is 101 cm³/mol. The lowest BCUT2D eigenvalue weighted by molar-refractivity contribution is -0.140. The molecule has 0 aliphatic heterocycles. The Morgan fingerprint density at radius 2 is 1.80 bits per heavy atom. The van der Waals surface area contributed by atoms with Crippen molar-refractivity contribution in [3.8, 4) is 0 Å². The summed E-state index contributed by atoms with van der Waals surface area (Å²) in [4.78, 5) is 26.4. The lowest BCUT2D eigenvalue weighted by atomic mass is 10.0. The third-order valence-corrected chi connectivity index (χ3v) is 4.99. The molecule has 0 saturated carbocycles. The monoisotopic (exact) mass is 399 g/mol. The van der Waals surface area contributed by atoms with E-state index in [1.54, 1.807) is 4.90 Å². The molecule has 7 heteroatoms. The molecule has 0 atom stereocenters. The van der Waals surface area contributed by atoms with Gasteiger partial charge in [-0.3, -0.25) is 4.79 Å². The maximum absolute atomic E-state index is 12.6. The molecule has 0 bridgehead atoms. The molecule has 0 N–H and O–H groups in total. The standard InChI is InChI=1S/C18H19Cl2NO3S/c1-18(2,3)21(10-12-7-5-4-6-8-12)15(22)11-24-17(23)13-9-14(19)25-16(13)20/h4-9H,10-11H2,1-3H3. The van der Waals surface area contributed by atoms with Crippen LogP contribution in [0.15, 0.2) is 36.4 Å². The zero-order valence-corrected chi connectivity index (χ0v) is 16.5. The molecule has 1 aromatic carbocycles. The SMILES string of the molecule is CC(C)(C)N(Cc1ccccc1)C(=O)COC(=O)c1cc(Cl)sc1Cl. The van der Waals surface area contributed by atoms with Gasteiger partial charge in [-0.15, -0.1) is 11.3 Å². The summed E-state index contributed by atoms with van der Waals surface area (Å²) in [5.41, 5.74) is 0.766. The molecule has 2 rings (SSSR count). The van der Waals surface area contributed by atoms with Gasteiger partial charge in [0.2, 0.25) is 0 Å². The van der Waals surface area contributed by atoms with E-state index in [1.807, 2.05) is 51.1 Å². The van der Waals surface area contributed by atoms with Crippen molar-refractivity contribution in [1.29, 1.82) is 0 Å². The third-order valence-electron chi connectivity index (χ3n) is 3.50. The molecule has 25 heavy (non-hydrogen) atoms. The van der Waals surface area contributed by atoms with Gasteiger partial charge in [0.05, 0.1) is 9.90 Å². The summed E-state index contributed by atoms with van der Waals surface area (Å²) in [5.74, 6) is -0.933. The summed E-state index contributed by atoms with van der Waals surface area (Å²) in [6.07, 6.45) is 0. The first kappa shape index (κ1) is 19.8. The van der Waals surface area contributed by atoms with Crippen LogP contribution in [0.5, 0.6) is 0 Å². The van der Waals surface area contributed by atoms with Crippen LogP contribution in [0.4, 0.5) is 0 Å². The zero-order valence-electron chi connectivity index (χ0n) is 14.2. The lowest BCUT2D eigenvalue weighted by Gasteiger charge is -2.35. The number of hydrogen-bond donors (Lipinski definition) is 0. The van der Waals surface area contributed by atoms with Crippen LogP contribution in [-0.2, 0) is 16.1 Å². The molecule has 0 saturated heterocycles. The number of ether oxygens (including phenoxy) is 1. The van der Waals surface area contributed by atoms with Crippen LogP contribution in [0.1, 0.15) is 36.7 Å². The first-order valence-electron chi connectivity index (χ1n) is 7.65. The van der Waals surface area contributed by atoms with E-state index in [1.165, 1.54) is 6.07 Å². The van der Waals surface area contributed by atoms with Crippen LogP contribution in [0.3, 0.4) is 0 Å². The van der Waals surface area contributed by atoms with Gasteiger partial charge >= 0.3 is 5.97 Å². The molecule has 4 nitrogen and oxygen atoms in total. The van der Waals surface area contributed by atoms with Crippen LogP contribution in [0, 0.1) is 0 Å². The van der Waals surface area contributed by atoms with Gasteiger partial charge < -0.3 is 9.64 Å². The number of esters is 1. The summed E-state index contributed by atoms with van der Waals surface area (Å²) < 4.78 is 5.77. The average Bonchev–Trinajstić information content (AvgIpc) is 2.88. The second-order valence-electron chi connectivity index (χ2n) is 6.45. The Labute approximate surface area is 161 Å². The smallest absolute Gasteiger partial charge is 0.341 e. The fourth-order valence-electron chi connectivity index (χ4n) is 2.23. The highest BCUT2D eigenvalue weighted by atomic mass is 35.5. The second kappa shape index (κ2) is 8.21. The van der Waals surface area contributed by atoms with Crippen molar-refractivity contribution >= 4 is 46.4 Å². The highest BCUT2D eigenvalue weighted by Crippen LogP contribution is 2.31. The zero-order chi connectivity index (χ0) is 18.6. The van der Waals surface area contributed by atoms with Crippen molar-refractivity contribution in [2.24, 2.45) is 0 Å². The van der Waals surface area contributed by atoms with Crippen molar-refractivity contribution in [3.05, 3.63) is 56.2 Å². The van der Waals surface area contributed by atoms with Gasteiger partial charge in [0, 0.05) is 12.1 Å². The average molecular weight is 400 g/mol. The number of amides is 1. The number of hydrogen-bond acceptors (Lipinski definition) is 4. The van der Waals surface area contributed by atoms with Crippen molar-refractivity contribution in [1.82, 2.24) is 4.90 Å². The minimum Gasteiger partial charge on any atom is -0.452 e.